The van der Waals surface area contributed by atoms with E-state index in [9.17, 15) is 4.79 Å². The van der Waals surface area contributed by atoms with Gasteiger partial charge in [-0.15, -0.1) is 5.10 Å². The molecular formula is C26H29N5OS. The second kappa shape index (κ2) is 9.75. The van der Waals surface area contributed by atoms with Crippen LogP contribution >= 0.6 is 11.8 Å². The molecule has 7 heteroatoms. The molecule has 0 radical (unpaired) electrons. The number of nitrogens with one attached hydrogen (secondary N) is 1. The molecule has 6 nitrogen and oxygen atoms in total. The van der Waals surface area contributed by atoms with E-state index in [1.54, 1.807) is 4.52 Å². The van der Waals surface area contributed by atoms with Crippen molar-refractivity contribution in [2.75, 3.05) is 5.75 Å². The van der Waals surface area contributed by atoms with Crippen molar-refractivity contribution in [1.29, 1.82) is 0 Å². The Morgan fingerprint density at radius 3 is 2.45 bits per heavy atom. The van der Waals surface area contributed by atoms with Crippen LogP contribution in [0.3, 0.4) is 0 Å². The molecule has 0 atom stereocenters. The topological polar surface area (TPSA) is 72.2 Å². The third-order valence-electron chi connectivity index (χ3n) is 5.84. The molecule has 33 heavy (non-hydrogen) atoms. The van der Waals surface area contributed by atoms with E-state index in [1.807, 2.05) is 38.1 Å². The van der Waals surface area contributed by atoms with E-state index in [-0.39, 0.29) is 11.7 Å². The summed E-state index contributed by atoms with van der Waals surface area (Å²) in [6.07, 6.45) is 0.803. The normalized spacial score (nSPS) is 11.2. The Bertz CT molecular complexity index is 1310. The fourth-order valence-electron chi connectivity index (χ4n) is 3.78. The van der Waals surface area contributed by atoms with E-state index in [2.05, 4.69) is 54.4 Å². The van der Waals surface area contributed by atoms with Crippen molar-refractivity contribution in [2.45, 2.75) is 52.7 Å². The van der Waals surface area contributed by atoms with Crippen LogP contribution in [-0.4, -0.2) is 31.2 Å². The van der Waals surface area contributed by atoms with Crippen LogP contribution in [0.4, 0.5) is 0 Å². The summed E-state index contributed by atoms with van der Waals surface area (Å²) < 4.78 is 1.79. The van der Waals surface area contributed by atoms with Crippen LogP contribution in [0.5, 0.6) is 0 Å². The minimum Gasteiger partial charge on any atom is -0.351 e. The molecule has 0 aliphatic rings. The molecule has 1 N–H and O–H groups in total. The summed E-state index contributed by atoms with van der Waals surface area (Å²) in [5, 5.41) is 8.13. The lowest BCUT2D eigenvalue weighted by Crippen LogP contribution is -2.24. The Morgan fingerprint density at radius 1 is 0.970 bits per heavy atom. The largest absolute Gasteiger partial charge is 0.351 e. The molecule has 0 aliphatic heterocycles. The molecule has 1 amide bonds. The average molecular weight is 460 g/mol. The summed E-state index contributed by atoms with van der Waals surface area (Å²) in [4.78, 5) is 21.5. The number of carbonyl (C=O) groups is 1. The predicted octanol–water partition coefficient (Wildman–Crippen LogP) is 4.67. The van der Waals surface area contributed by atoms with E-state index in [0.29, 0.717) is 17.5 Å². The SMILES string of the molecule is Cc1ccc(CNC(=O)CSc2nc3nc(C)c(Cc4cc(C)ccc4C)c(C)n3n2)cc1. The number of nitrogens with zero attached hydrogens (tertiary/aromatic N) is 4. The molecule has 170 valence electrons. The van der Waals surface area contributed by atoms with E-state index < -0.39 is 0 Å². The van der Waals surface area contributed by atoms with Gasteiger partial charge in [-0.3, -0.25) is 4.79 Å². The van der Waals surface area contributed by atoms with Gasteiger partial charge in [-0.2, -0.15) is 4.98 Å². The highest BCUT2D eigenvalue weighted by atomic mass is 32.2. The maximum Gasteiger partial charge on any atom is 0.253 e. The molecule has 2 aromatic heterocycles. The van der Waals surface area contributed by atoms with Gasteiger partial charge in [-0.05, 0) is 56.9 Å². The van der Waals surface area contributed by atoms with Crippen LogP contribution in [-0.2, 0) is 17.8 Å². The molecule has 2 heterocycles. The molecule has 2 aromatic carbocycles. The minimum atomic E-state index is -0.0455. The second-order valence-corrected chi connectivity index (χ2v) is 9.47. The van der Waals surface area contributed by atoms with Crippen molar-refractivity contribution in [3.8, 4) is 0 Å². The number of rotatable bonds is 7. The van der Waals surface area contributed by atoms with Crippen LogP contribution in [0.25, 0.3) is 5.78 Å². The zero-order valence-corrected chi connectivity index (χ0v) is 20.6. The lowest BCUT2D eigenvalue weighted by Gasteiger charge is -2.12. The number of carbonyl (C=O) groups excluding carboxylic acids is 1. The highest BCUT2D eigenvalue weighted by Crippen LogP contribution is 2.22. The van der Waals surface area contributed by atoms with Crippen LogP contribution in [0, 0.1) is 34.6 Å². The van der Waals surface area contributed by atoms with Crippen molar-refractivity contribution in [1.82, 2.24) is 24.9 Å². The molecular weight excluding hydrogens is 430 g/mol. The van der Waals surface area contributed by atoms with Crippen LogP contribution in [0.1, 0.15) is 44.8 Å². The van der Waals surface area contributed by atoms with Gasteiger partial charge < -0.3 is 5.32 Å². The molecule has 0 spiro atoms. The van der Waals surface area contributed by atoms with Gasteiger partial charge in [0.05, 0.1) is 5.75 Å². The first-order valence-electron chi connectivity index (χ1n) is 11.0. The fraction of sp³-hybridized carbons (Fsp3) is 0.308. The summed E-state index contributed by atoms with van der Waals surface area (Å²) in [6, 6.07) is 14.7. The highest BCUT2D eigenvalue weighted by molar-refractivity contribution is 7.99. The Hall–Kier alpha value is -3.19. The van der Waals surface area contributed by atoms with Gasteiger partial charge in [0.1, 0.15) is 0 Å². The smallest absolute Gasteiger partial charge is 0.253 e. The average Bonchev–Trinajstić information content (AvgIpc) is 3.20. The lowest BCUT2D eigenvalue weighted by atomic mass is 9.97. The van der Waals surface area contributed by atoms with Gasteiger partial charge in [0.2, 0.25) is 11.1 Å². The number of aromatic nitrogens is 4. The van der Waals surface area contributed by atoms with Crippen molar-refractivity contribution in [2.24, 2.45) is 0 Å². The quantitative estimate of drug-likeness (QED) is 0.407. The third kappa shape index (κ3) is 5.42. The molecule has 0 unspecified atom stereocenters. The fourth-order valence-corrected chi connectivity index (χ4v) is 4.42. The van der Waals surface area contributed by atoms with Crippen molar-refractivity contribution in [3.05, 3.63) is 87.2 Å². The van der Waals surface area contributed by atoms with Crippen LogP contribution in [0.2, 0.25) is 0 Å². The Balaban J connectivity index is 1.45. The Morgan fingerprint density at radius 2 is 1.70 bits per heavy atom. The molecule has 4 aromatic rings. The van der Waals surface area contributed by atoms with Gasteiger partial charge in [0, 0.05) is 24.4 Å². The summed E-state index contributed by atoms with van der Waals surface area (Å²) in [5.74, 6) is 0.782. The first kappa shape index (κ1) is 23.0. The molecule has 0 bridgehead atoms. The van der Waals surface area contributed by atoms with Crippen molar-refractivity contribution in [3.63, 3.8) is 0 Å². The van der Waals surface area contributed by atoms with Crippen molar-refractivity contribution < 1.29 is 4.79 Å². The standard InChI is InChI=1S/C26H29N5OS/c1-16-7-10-21(11-8-16)14-27-24(32)15-33-26-29-25-28-19(4)23(20(5)31(25)30-26)13-22-12-17(2)6-9-18(22)3/h6-12H,13-15H2,1-5H3,(H,27,32). The zero-order chi connectivity index (χ0) is 23.5. The van der Waals surface area contributed by atoms with Crippen LogP contribution in [0.15, 0.2) is 47.6 Å². The molecule has 0 saturated carbocycles. The van der Waals surface area contributed by atoms with E-state index in [0.717, 1.165) is 28.9 Å². The number of benzene rings is 2. The van der Waals surface area contributed by atoms with E-state index in [4.69, 9.17) is 4.98 Å². The maximum absolute atomic E-state index is 12.3. The number of amides is 1. The van der Waals surface area contributed by atoms with Gasteiger partial charge in [-0.25, -0.2) is 9.50 Å². The maximum atomic E-state index is 12.3. The van der Waals surface area contributed by atoms with Gasteiger partial charge >= 0.3 is 0 Å². The first-order valence-corrected chi connectivity index (χ1v) is 12.0. The van der Waals surface area contributed by atoms with E-state index in [1.165, 1.54) is 34.0 Å². The summed E-state index contributed by atoms with van der Waals surface area (Å²) in [5.41, 5.74) is 9.25. The molecule has 0 fully saturated rings. The highest BCUT2D eigenvalue weighted by Gasteiger charge is 2.16. The van der Waals surface area contributed by atoms with Crippen LogP contribution < -0.4 is 5.32 Å². The third-order valence-corrected chi connectivity index (χ3v) is 6.68. The first-order chi connectivity index (χ1) is 15.8. The minimum absolute atomic E-state index is 0.0455. The van der Waals surface area contributed by atoms with Gasteiger partial charge in [0.25, 0.3) is 5.78 Å². The number of hydrogen-bond donors (Lipinski definition) is 1. The molecule has 0 saturated heterocycles. The number of thioether (sulfide) groups is 1. The van der Waals surface area contributed by atoms with Crippen molar-refractivity contribution >= 4 is 23.4 Å². The number of fused-ring (bicyclic) bond motifs is 1. The Labute approximate surface area is 198 Å². The molecule has 0 aliphatic carbocycles. The lowest BCUT2D eigenvalue weighted by molar-refractivity contribution is -0.118. The second-order valence-electron chi connectivity index (χ2n) is 8.53. The molecule has 4 rings (SSSR count). The predicted molar refractivity (Wildman–Crippen MR) is 133 cm³/mol. The summed E-state index contributed by atoms with van der Waals surface area (Å²) >= 11 is 1.33. The van der Waals surface area contributed by atoms with Gasteiger partial charge in [-0.1, -0.05) is 65.4 Å². The van der Waals surface area contributed by atoms with Gasteiger partial charge in [0.15, 0.2) is 0 Å². The summed E-state index contributed by atoms with van der Waals surface area (Å²) in [7, 11) is 0. The zero-order valence-electron chi connectivity index (χ0n) is 19.8. The number of aryl methyl sites for hydroxylation is 5. The summed E-state index contributed by atoms with van der Waals surface area (Å²) in [6.45, 7) is 10.9. The monoisotopic (exact) mass is 459 g/mol. The van der Waals surface area contributed by atoms with E-state index >= 15 is 0 Å². The Kier molecular flexibility index (Phi) is 6.79. The number of hydrogen-bond acceptors (Lipinski definition) is 5.